The van der Waals surface area contributed by atoms with Gasteiger partial charge in [-0.05, 0) is 37.5 Å². The molecule has 1 aromatic carbocycles. The Balaban J connectivity index is 2.12. The molecule has 102 valence electrons. The molecule has 1 aliphatic heterocycles. The monoisotopic (exact) mass is 326 g/mol. The molecule has 2 amide bonds. The van der Waals surface area contributed by atoms with Gasteiger partial charge in [0.25, 0.3) is 0 Å². The molecule has 0 spiro atoms. The first-order valence-electron chi connectivity index (χ1n) is 6.05. The van der Waals surface area contributed by atoms with E-state index in [1.54, 1.807) is 6.07 Å². The number of carbonyl (C=O) groups is 2. The number of likely N-dealkylation sites (tertiary alicyclic amines) is 1. The Bertz CT molecular complexity index is 519. The molecule has 19 heavy (non-hydrogen) atoms. The number of aryl methyl sites for hydroxylation is 1. The van der Waals surface area contributed by atoms with Gasteiger partial charge in [-0.15, -0.1) is 0 Å². The summed E-state index contributed by atoms with van der Waals surface area (Å²) in [6, 6.07) is 4.51. The van der Waals surface area contributed by atoms with Crippen LogP contribution in [0.1, 0.15) is 18.4 Å². The van der Waals surface area contributed by atoms with Crippen LogP contribution in [0.4, 0.5) is 10.5 Å². The van der Waals surface area contributed by atoms with Crippen molar-refractivity contribution in [3.8, 4) is 0 Å². The van der Waals surface area contributed by atoms with E-state index in [2.05, 4.69) is 21.2 Å². The number of anilines is 1. The van der Waals surface area contributed by atoms with Crippen molar-refractivity contribution in [2.75, 3.05) is 11.9 Å². The van der Waals surface area contributed by atoms with Crippen LogP contribution in [-0.2, 0) is 4.79 Å². The van der Waals surface area contributed by atoms with Gasteiger partial charge in [0, 0.05) is 16.7 Å². The highest BCUT2D eigenvalue weighted by Gasteiger charge is 2.34. The lowest BCUT2D eigenvalue weighted by molar-refractivity contribution is -0.141. The third-order valence-corrected chi connectivity index (χ3v) is 3.73. The molecule has 1 saturated heterocycles. The van der Waals surface area contributed by atoms with E-state index in [4.69, 9.17) is 5.11 Å². The minimum Gasteiger partial charge on any atom is -0.480 e. The number of carbonyl (C=O) groups excluding carboxylic acids is 1. The summed E-state index contributed by atoms with van der Waals surface area (Å²) in [6.07, 6.45) is 1.24. The molecule has 0 bridgehead atoms. The average molecular weight is 327 g/mol. The fourth-order valence-corrected chi connectivity index (χ4v) is 2.54. The molecule has 5 nitrogen and oxygen atoms in total. The van der Waals surface area contributed by atoms with E-state index >= 15 is 0 Å². The van der Waals surface area contributed by atoms with Crippen LogP contribution in [0.15, 0.2) is 22.7 Å². The second-order valence-corrected chi connectivity index (χ2v) is 5.49. The quantitative estimate of drug-likeness (QED) is 0.877. The van der Waals surface area contributed by atoms with Crippen molar-refractivity contribution in [1.29, 1.82) is 0 Å². The van der Waals surface area contributed by atoms with Gasteiger partial charge >= 0.3 is 12.0 Å². The number of nitrogens with zero attached hydrogens (tertiary/aromatic N) is 1. The number of benzene rings is 1. The van der Waals surface area contributed by atoms with Gasteiger partial charge in [0.2, 0.25) is 0 Å². The number of halogens is 1. The van der Waals surface area contributed by atoms with Crippen molar-refractivity contribution in [2.24, 2.45) is 0 Å². The minimum absolute atomic E-state index is 0.355. The number of aliphatic carboxylic acids is 1. The smallest absolute Gasteiger partial charge is 0.326 e. The number of amides is 2. The van der Waals surface area contributed by atoms with Crippen molar-refractivity contribution in [3.05, 3.63) is 28.2 Å². The lowest BCUT2D eigenvalue weighted by atomic mass is 10.2. The lowest BCUT2D eigenvalue weighted by Crippen LogP contribution is -2.42. The van der Waals surface area contributed by atoms with Gasteiger partial charge in [-0.3, -0.25) is 0 Å². The molecular formula is C13H15BrN2O3. The third kappa shape index (κ3) is 3.07. The number of urea groups is 1. The van der Waals surface area contributed by atoms with Gasteiger partial charge in [-0.25, -0.2) is 9.59 Å². The fourth-order valence-electron chi connectivity index (χ4n) is 2.18. The highest BCUT2D eigenvalue weighted by molar-refractivity contribution is 9.10. The third-order valence-electron chi connectivity index (χ3n) is 3.24. The zero-order chi connectivity index (χ0) is 14.0. The first kappa shape index (κ1) is 13.9. The van der Waals surface area contributed by atoms with Crippen molar-refractivity contribution in [2.45, 2.75) is 25.8 Å². The van der Waals surface area contributed by atoms with Crippen LogP contribution in [-0.4, -0.2) is 34.6 Å². The number of nitrogens with one attached hydrogen (secondary N) is 1. The summed E-state index contributed by atoms with van der Waals surface area (Å²) in [6.45, 7) is 2.37. The molecule has 0 saturated carbocycles. The number of rotatable bonds is 2. The van der Waals surface area contributed by atoms with Crippen molar-refractivity contribution < 1.29 is 14.7 Å². The molecule has 2 rings (SSSR count). The molecule has 6 heteroatoms. The maximum Gasteiger partial charge on any atom is 0.326 e. The Morgan fingerprint density at radius 1 is 1.47 bits per heavy atom. The van der Waals surface area contributed by atoms with Crippen molar-refractivity contribution >= 4 is 33.6 Å². The van der Waals surface area contributed by atoms with Gasteiger partial charge in [0.15, 0.2) is 0 Å². The first-order chi connectivity index (χ1) is 8.99. The summed E-state index contributed by atoms with van der Waals surface area (Å²) in [5, 5.41) is 11.8. The Morgan fingerprint density at radius 2 is 2.21 bits per heavy atom. The van der Waals surface area contributed by atoms with E-state index in [9.17, 15) is 9.59 Å². The molecule has 0 unspecified atom stereocenters. The maximum atomic E-state index is 12.1. The Labute approximate surface area is 119 Å². The van der Waals surface area contributed by atoms with Crippen LogP contribution in [0.2, 0.25) is 0 Å². The van der Waals surface area contributed by atoms with Crippen LogP contribution in [0, 0.1) is 6.92 Å². The predicted octanol–water partition coefficient (Wildman–Crippen LogP) is 2.84. The van der Waals surface area contributed by atoms with Crippen LogP contribution in [0.5, 0.6) is 0 Å². The zero-order valence-electron chi connectivity index (χ0n) is 10.5. The van der Waals surface area contributed by atoms with E-state index in [-0.39, 0.29) is 6.03 Å². The Morgan fingerprint density at radius 3 is 2.89 bits per heavy atom. The molecule has 0 radical (unpaired) electrons. The highest BCUT2D eigenvalue weighted by atomic mass is 79.9. The number of carboxylic acid groups (broad SMARTS) is 1. The molecule has 1 aliphatic rings. The van der Waals surface area contributed by atoms with E-state index in [1.807, 2.05) is 19.1 Å². The fraction of sp³-hybridized carbons (Fsp3) is 0.385. The second-order valence-electron chi connectivity index (χ2n) is 4.58. The van der Waals surface area contributed by atoms with Gasteiger partial charge < -0.3 is 15.3 Å². The molecule has 1 fully saturated rings. The second kappa shape index (κ2) is 5.61. The first-order valence-corrected chi connectivity index (χ1v) is 6.85. The Kier molecular flexibility index (Phi) is 4.09. The molecule has 1 atom stereocenters. The van der Waals surface area contributed by atoms with Crippen molar-refractivity contribution in [1.82, 2.24) is 4.90 Å². The average Bonchev–Trinajstić information content (AvgIpc) is 2.83. The maximum absolute atomic E-state index is 12.1. The van der Waals surface area contributed by atoms with E-state index in [0.717, 1.165) is 16.5 Å². The molecular weight excluding hydrogens is 312 g/mol. The lowest BCUT2D eigenvalue weighted by Gasteiger charge is -2.22. The largest absolute Gasteiger partial charge is 0.480 e. The topological polar surface area (TPSA) is 69.6 Å². The SMILES string of the molecule is Cc1ccc(Br)cc1NC(=O)N1CCC[C@H]1C(=O)O. The van der Waals surface area contributed by atoms with E-state index in [1.165, 1.54) is 4.90 Å². The summed E-state index contributed by atoms with van der Waals surface area (Å²) in [7, 11) is 0. The zero-order valence-corrected chi connectivity index (χ0v) is 12.1. The molecule has 2 N–H and O–H groups in total. The summed E-state index contributed by atoms with van der Waals surface area (Å²) >= 11 is 3.35. The van der Waals surface area contributed by atoms with Gasteiger partial charge in [-0.1, -0.05) is 22.0 Å². The molecule has 0 aromatic heterocycles. The van der Waals surface area contributed by atoms with Gasteiger partial charge in [-0.2, -0.15) is 0 Å². The van der Waals surface area contributed by atoms with Crippen LogP contribution < -0.4 is 5.32 Å². The van der Waals surface area contributed by atoms with Crippen LogP contribution in [0.25, 0.3) is 0 Å². The van der Waals surface area contributed by atoms with Crippen molar-refractivity contribution in [3.63, 3.8) is 0 Å². The summed E-state index contributed by atoms with van der Waals surface area (Å²) < 4.78 is 0.865. The summed E-state index contributed by atoms with van der Waals surface area (Å²) in [5.41, 5.74) is 1.62. The standard InChI is InChI=1S/C13H15BrN2O3/c1-8-4-5-9(14)7-10(8)15-13(19)16-6-2-3-11(16)12(17)18/h4-5,7,11H,2-3,6H2,1H3,(H,15,19)(H,17,18)/t11-/m0/s1. The highest BCUT2D eigenvalue weighted by Crippen LogP contribution is 2.23. The predicted molar refractivity (Wildman–Crippen MR) is 75.3 cm³/mol. The number of hydrogen-bond donors (Lipinski definition) is 2. The molecule has 1 heterocycles. The number of carboxylic acids is 1. The van der Waals surface area contributed by atoms with E-state index < -0.39 is 12.0 Å². The van der Waals surface area contributed by atoms with Crippen LogP contribution in [0.3, 0.4) is 0 Å². The summed E-state index contributed by atoms with van der Waals surface area (Å²) in [5.74, 6) is -0.946. The van der Waals surface area contributed by atoms with Gasteiger partial charge in [0.1, 0.15) is 6.04 Å². The minimum atomic E-state index is -0.946. The molecule has 1 aromatic rings. The summed E-state index contributed by atoms with van der Waals surface area (Å²) in [4.78, 5) is 24.6. The van der Waals surface area contributed by atoms with Crippen LogP contribution >= 0.6 is 15.9 Å². The van der Waals surface area contributed by atoms with E-state index in [0.29, 0.717) is 18.7 Å². The molecule has 0 aliphatic carbocycles. The number of hydrogen-bond acceptors (Lipinski definition) is 2. The normalized spacial score (nSPS) is 18.4. The Hall–Kier alpha value is -1.56. The van der Waals surface area contributed by atoms with Gasteiger partial charge in [0.05, 0.1) is 0 Å².